The molecule has 5 nitrogen and oxygen atoms in total. The van der Waals surface area contributed by atoms with Crippen molar-refractivity contribution in [3.05, 3.63) is 29.8 Å². The van der Waals surface area contributed by atoms with Gasteiger partial charge in [0.05, 0.1) is 19.3 Å². The lowest BCUT2D eigenvalue weighted by atomic mass is 9.72. The highest BCUT2D eigenvalue weighted by molar-refractivity contribution is 5.95. The number of benzene rings is 1. The van der Waals surface area contributed by atoms with Crippen LogP contribution in [0, 0.1) is 5.92 Å². The summed E-state index contributed by atoms with van der Waals surface area (Å²) in [4.78, 5) is 12.2. The van der Waals surface area contributed by atoms with Gasteiger partial charge in [-0.05, 0) is 24.6 Å². The number of hydrogen-bond acceptors (Lipinski definition) is 4. The smallest absolute Gasteiger partial charge is 0.251 e. The summed E-state index contributed by atoms with van der Waals surface area (Å²) < 4.78 is 10.7. The van der Waals surface area contributed by atoms with E-state index in [-0.39, 0.29) is 24.1 Å². The first-order valence-electron chi connectivity index (χ1n) is 6.53. The maximum absolute atomic E-state index is 12.2. The Kier molecular flexibility index (Phi) is 3.16. The second-order valence-electron chi connectivity index (χ2n) is 5.10. The van der Waals surface area contributed by atoms with Gasteiger partial charge in [-0.25, -0.2) is 0 Å². The number of carbonyl (C=O) groups excluding carboxylic acids is 1. The third kappa shape index (κ3) is 2.09. The molecule has 0 bridgehead atoms. The summed E-state index contributed by atoms with van der Waals surface area (Å²) in [7, 11) is 1.58. The van der Waals surface area contributed by atoms with Crippen molar-refractivity contribution >= 4 is 5.91 Å². The molecule has 1 amide bonds. The fraction of sp³-hybridized carbons (Fsp3) is 0.500. The van der Waals surface area contributed by atoms with Gasteiger partial charge in [-0.3, -0.25) is 4.79 Å². The van der Waals surface area contributed by atoms with Crippen LogP contribution in [0.25, 0.3) is 0 Å². The maximum atomic E-state index is 12.2. The molecule has 0 aromatic heterocycles. The van der Waals surface area contributed by atoms with Gasteiger partial charge in [-0.15, -0.1) is 0 Å². The van der Waals surface area contributed by atoms with Gasteiger partial charge in [0, 0.05) is 24.1 Å². The number of ether oxygens (including phenoxy) is 2. The van der Waals surface area contributed by atoms with E-state index in [0.717, 1.165) is 13.0 Å². The molecule has 3 N–H and O–H groups in total. The summed E-state index contributed by atoms with van der Waals surface area (Å²) in [5.74, 6) is 0.935. The molecule has 2 aliphatic rings. The molecule has 1 aliphatic heterocycles. The molecule has 3 rings (SSSR count). The van der Waals surface area contributed by atoms with Crippen molar-refractivity contribution in [2.75, 3.05) is 13.7 Å². The van der Waals surface area contributed by atoms with E-state index in [1.165, 1.54) is 0 Å². The molecule has 4 unspecified atom stereocenters. The van der Waals surface area contributed by atoms with Crippen LogP contribution in [0.1, 0.15) is 16.8 Å². The first-order valence-corrected chi connectivity index (χ1v) is 6.53. The first kappa shape index (κ1) is 12.4. The average Bonchev–Trinajstić information content (AvgIpc) is 2.89. The van der Waals surface area contributed by atoms with E-state index in [1.54, 1.807) is 25.3 Å². The van der Waals surface area contributed by atoms with E-state index in [1.807, 2.05) is 6.07 Å². The highest BCUT2D eigenvalue weighted by Crippen LogP contribution is 2.37. The van der Waals surface area contributed by atoms with Crippen LogP contribution in [0.15, 0.2) is 24.3 Å². The van der Waals surface area contributed by atoms with E-state index < -0.39 is 0 Å². The molecule has 2 fully saturated rings. The molecule has 1 saturated carbocycles. The molecule has 4 atom stereocenters. The minimum Gasteiger partial charge on any atom is -0.497 e. The molecule has 0 spiro atoms. The minimum absolute atomic E-state index is 0.00191. The lowest BCUT2D eigenvalue weighted by molar-refractivity contribution is -0.0161. The number of nitrogens with one attached hydrogen (secondary N) is 1. The largest absolute Gasteiger partial charge is 0.497 e. The summed E-state index contributed by atoms with van der Waals surface area (Å²) in [6, 6.07) is 7.00. The number of carbonyl (C=O) groups is 1. The lowest BCUT2D eigenvalue weighted by Gasteiger charge is -2.45. The summed E-state index contributed by atoms with van der Waals surface area (Å²) in [5, 5.41) is 2.96. The molecule has 5 heteroatoms. The quantitative estimate of drug-likeness (QED) is 0.834. The zero-order valence-corrected chi connectivity index (χ0v) is 10.8. The van der Waals surface area contributed by atoms with Gasteiger partial charge >= 0.3 is 0 Å². The van der Waals surface area contributed by atoms with Crippen LogP contribution in [-0.2, 0) is 4.74 Å². The van der Waals surface area contributed by atoms with E-state index >= 15 is 0 Å². The number of fused-ring (bicyclic) bond motifs is 1. The van der Waals surface area contributed by atoms with Crippen LogP contribution in [0.3, 0.4) is 0 Å². The van der Waals surface area contributed by atoms with Crippen molar-refractivity contribution in [2.24, 2.45) is 11.7 Å². The van der Waals surface area contributed by atoms with Crippen LogP contribution < -0.4 is 15.8 Å². The van der Waals surface area contributed by atoms with Gasteiger partial charge in [0.25, 0.3) is 5.91 Å². The Morgan fingerprint density at radius 1 is 1.53 bits per heavy atom. The van der Waals surface area contributed by atoms with Gasteiger partial charge in [-0.1, -0.05) is 6.07 Å². The van der Waals surface area contributed by atoms with Crippen molar-refractivity contribution in [3.8, 4) is 5.75 Å². The SMILES string of the molecule is COc1cccc(C(=O)NC2C(N)C3CCOC32)c1. The number of methoxy groups -OCH3 is 1. The Morgan fingerprint density at radius 2 is 2.37 bits per heavy atom. The van der Waals surface area contributed by atoms with Crippen molar-refractivity contribution in [1.82, 2.24) is 5.32 Å². The zero-order valence-electron chi connectivity index (χ0n) is 10.8. The summed E-state index contributed by atoms with van der Waals surface area (Å²) in [5.41, 5.74) is 6.65. The third-order valence-corrected chi connectivity index (χ3v) is 4.08. The number of amides is 1. The summed E-state index contributed by atoms with van der Waals surface area (Å²) >= 11 is 0. The third-order valence-electron chi connectivity index (χ3n) is 4.08. The topological polar surface area (TPSA) is 73.6 Å². The van der Waals surface area contributed by atoms with Gasteiger partial charge in [0.15, 0.2) is 0 Å². The number of hydrogen-bond donors (Lipinski definition) is 2. The molecule has 1 saturated heterocycles. The van der Waals surface area contributed by atoms with Gasteiger partial charge in [-0.2, -0.15) is 0 Å². The molecule has 0 radical (unpaired) electrons. The Bertz CT molecular complexity index is 491. The first-order chi connectivity index (χ1) is 9.20. The summed E-state index contributed by atoms with van der Waals surface area (Å²) in [6.07, 6.45) is 1.08. The van der Waals surface area contributed by atoms with Crippen LogP contribution in [0.2, 0.25) is 0 Å². The number of nitrogens with two attached hydrogens (primary N) is 1. The van der Waals surface area contributed by atoms with Gasteiger partial charge in [0.2, 0.25) is 0 Å². The lowest BCUT2D eigenvalue weighted by Crippen LogP contribution is -2.68. The normalized spacial score (nSPS) is 32.3. The molecule has 1 aliphatic carbocycles. The van der Waals surface area contributed by atoms with E-state index in [9.17, 15) is 4.79 Å². The predicted molar refractivity (Wildman–Crippen MR) is 70.1 cm³/mol. The van der Waals surface area contributed by atoms with E-state index in [2.05, 4.69) is 5.32 Å². The molecular formula is C14H18N2O3. The van der Waals surface area contributed by atoms with Crippen molar-refractivity contribution < 1.29 is 14.3 Å². The molecule has 1 heterocycles. The zero-order chi connectivity index (χ0) is 13.4. The highest BCUT2D eigenvalue weighted by Gasteiger charge is 2.52. The maximum Gasteiger partial charge on any atom is 0.251 e. The summed E-state index contributed by atoms with van der Waals surface area (Å²) in [6.45, 7) is 0.745. The van der Waals surface area contributed by atoms with Crippen molar-refractivity contribution in [3.63, 3.8) is 0 Å². The number of rotatable bonds is 3. The van der Waals surface area contributed by atoms with E-state index in [0.29, 0.717) is 17.2 Å². The molecule has 102 valence electrons. The molecular weight excluding hydrogens is 244 g/mol. The Morgan fingerprint density at radius 3 is 3.16 bits per heavy atom. The fourth-order valence-corrected chi connectivity index (χ4v) is 2.93. The Hall–Kier alpha value is -1.59. The fourth-order valence-electron chi connectivity index (χ4n) is 2.93. The minimum atomic E-state index is -0.131. The van der Waals surface area contributed by atoms with Crippen LogP contribution in [-0.4, -0.2) is 37.8 Å². The van der Waals surface area contributed by atoms with Crippen LogP contribution in [0.5, 0.6) is 5.75 Å². The Labute approximate surface area is 112 Å². The second-order valence-corrected chi connectivity index (χ2v) is 5.10. The second kappa shape index (κ2) is 4.83. The monoisotopic (exact) mass is 262 g/mol. The van der Waals surface area contributed by atoms with Crippen LogP contribution in [0.4, 0.5) is 0 Å². The van der Waals surface area contributed by atoms with Crippen molar-refractivity contribution in [1.29, 1.82) is 0 Å². The van der Waals surface area contributed by atoms with Crippen molar-refractivity contribution in [2.45, 2.75) is 24.6 Å². The van der Waals surface area contributed by atoms with Crippen LogP contribution >= 0.6 is 0 Å². The average molecular weight is 262 g/mol. The van der Waals surface area contributed by atoms with E-state index in [4.69, 9.17) is 15.2 Å². The van der Waals surface area contributed by atoms with Gasteiger partial charge < -0.3 is 20.5 Å². The molecule has 1 aromatic carbocycles. The highest BCUT2D eigenvalue weighted by atomic mass is 16.5. The Balaban J connectivity index is 1.68. The van der Waals surface area contributed by atoms with Gasteiger partial charge in [0.1, 0.15) is 5.75 Å². The molecule has 19 heavy (non-hydrogen) atoms. The predicted octanol–water partition coefficient (Wildman–Crippen LogP) is 0.540. The molecule has 1 aromatic rings. The standard InChI is InChI=1S/C14H18N2O3/c1-18-9-4-2-3-8(7-9)14(17)16-12-11(15)10-5-6-19-13(10)12/h2-4,7,10-13H,5-6,15H2,1H3,(H,16,17).